The van der Waals surface area contributed by atoms with Crippen molar-refractivity contribution >= 4 is 32.9 Å². The number of anilines is 2. The van der Waals surface area contributed by atoms with Crippen molar-refractivity contribution in [2.24, 2.45) is 0 Å². The van der Waals surface area contributed by atoms with Crippen LogP contribution in [0.2, 0.25) is 0 Å². The van der Waals surface area contributed by atoms with Crippen LogP contribution in [0.5, 0.6) is 0 Å². The fourth-order valence-corrected chi connectivity index (χ4v) is 2.71. The van der Waals surface area contributed by atoms with Gasteiger partial charge in [-0.05, 0) is 35.2 Å². The minimum absolute atomic E-state index is 0.729. The van der Waals surface area contributed by atoms with Crippen LogP contribution in [0, 0.1) is 0 Å². The van der Waals surface area contributed by atoms with E-state index in [4.69, 9.17) is 5.73 Å². The molecular weight excluding hydrogens is 242 g/mol. The first kappa shape index (κ1) is 11.0. The van der Waals surface area contributed by atoms with Crippen LogP contribution in [0.15, 0.2) is 48.0 Å². The third-order valence-electron chi connectivity index (χ3n) is 2.79. The molecule has 0 amide bonds. The summed E-state index contributed by atoms with van der Waals surface area (Å²) >= 11 is 1.73. The Morgan fingerprint density at radius 2 is 2.17 bits per heavy atom. The maximum Gasteiger partial charge on any atom is 0.134 e. The Bertz CT molecular complexity index is 675. The molecule has 0 aliphatic heterocycles. The zero-order chi connectivity index (χ0) is 12.4. The third-order valence-corrected chi connectivity index (χ3v) is 3.67. The smallest absolute Gasteiger partial charge is 0.134 e. The molecule has 1 aromatic carbocycles. The number of nitrogen functional groups attached to an aromatic ring is 1. The van der Waals surface area contributed by atoms with Gasteiger partial charge in [0.25, 0.3) is 0 Å². The zero-order valence-electron chi connectivity index (χ0n) is 9.76. The number of rotatable bonds is 3. The van der Waals surface area contributed by atoms with Crippen molar-refractivity contribution in [2.45, 2.75) is 6.54 Å². The first-order valence-electron chi connectivity index (χ1n) is 5.73. The number of fused-ring (bicyclic) bond motifs is 1. The third kappa shape index (κ3) is 2.15. The monoisotopic (exact) mass is 255 g/mol. The number of nitrogens with zero attached hydrogens (tertiary/aromatic N) is 1. The summed E-state index contributed by atoms with van der Waals surface area (Å²) < 4.78 is 1.25. The lowest BCUT2D eigenvalue weighted by Gasteiger charge is -2.07. The van der Waals surface area contributed by atoms with Crippen LogP contribution in [0.3, 0.4) is 0 Å². The molecule has 4 heteroatoms. The molecule has 3 aromatic rings. The topological polar surface area (TPSA) is 50.9 Å². The van der Waals surface area contributed by atoms with Gasteiger partial charge in [0, 0.05) is 28.5 Å². The lowest BCUT2D eigenvalue weighted by atomic mass is 10.2. The van der Waals surface area contributed by atoms with E-state index in [1.54, 1.807) is 11.3 Å². The molecule has 0 fully saturated rings. The molecule has 3 rings (SSSR count). The predicted molar refractivity (Wildman–Crippen MR) is 77.8 cm³/mol. The van der Waals surface area contributed by atoms with E-state index in [1.807, 2.05) is 30.5 Å². The Kier molecular flexibility index (Phi) is 2.86. The molecule has 0 spiro atoms. The van der Waals surface area contributed by atoms with Crippen LogP contribution in [0.4, 0.5) is 11.5 Å². The van der Waals surface area contributed by atoms with Gasteiger partial charge in [-0.15, -0.1) is 11.3 Å². The number of benzene rings is 1. The molecule has 90 valence electrons. The van der Waals surface area contributed by atoms with Gasteiger partial charge in [-0.3, -0.25) is 0 Å². The molecule has 0 atom stereocenters. The number of hydrogen-bond acceptors (Lipinski definition) is 4. The Labute approximate surface area is 109 Å². The van der Waals surface area contributed by atoms with E-state index in [0.717, 1.165) is 23.6 Å². The lowest BCUT2D eigenvalue weighted by molar-refractivity contribution is 1.12. The van der Waals surface area contributed by atoms with Crippen LogP contribution in [0.25, 0.3) is 10.1 Å². The van der Waals surface area contributed by atoms with Crippen molar-refractivity contribution in [3.63, 3.8) is 0 Å². The Hall–Kier alpha value is -2.07. The van der Waals surface area contributed by atoms with E-state index in [1.165, 1.54) is 10.1 Å². The van der Waals surface area contributed by atoms with Gasteiger partial charge >= 0.3 is 0 Å². The van der Waals surface area contributed by atoms with Crippen molar-refractivity contribution in [3.8, 4) is 0 Å². The number of aromatic nitrogens is 1. The molecule has 0 saturated carbocycles. The van der Waals surface area contributed by atoms with E-state index < -0.39 is 0 Å². The van der Waals surface area contributed by atoms with E-state index in [9.17, 15) is 0 Å². The molecule has 0 aliphatic rings. The number of hydrogen-bond donors (Lipinski definition) is 2. The van der Waals surface area contributed by atoms with Gasteiger partial charge in [-0.1, -0.05) is 12.1 Å². The molecular formula is C14H13N3S. The molecule has 2 aromatic heterocycles. The molecule has 0 aliphatic carbocycles. The van der Waals surface area contributed by atoms with Crippen LogP contribution < -0.4 is 11.1 Å². The minimum Gasteiger partial charge on any atom is -0.399 e. The summed E-state index contributed by atoms with van der Waals surface area (Å²) in [6.07, 6.45) is 1.83. The Morgan fingerprint density at radius 1 is 1.22 bits per heavy atom. The van der Waals surface area contributed by atoms with E-state index >= 15 is 0 Å². The van der Waals surface area contributed by atoms with E-state index in [0.29, 0.717) is 0 Å². The van der Waals surface area contributed by atoms with Crippen LogP contribution >= 0.6 is 11.3 Å². The quantitative estimate of drug-likeness (QED) is 0.704. The first-order chi connectivity index (χ1) is 8.83. The van der Waals surface area contributed by atoms with Gasteiger partial charge in [0.05, 0.1) is 0 Å². The number of nitrogens with two attached hydrogens (primary N) is 1. The van der Waals surface area contributed by atoms with Gasteiger partial charge < -0.3 is 11.1 Å². The molecule has 0 radical (unpaired) electrons. The molecule has 3 nitrogen and oxygen atoms in total. The molecule has 0 bridgehead atoms. The van der Waals surface area contributed by atoms with Crippen LogP contribution in [-0.2, 0) is 6.54 Å². The van der Waals surface area contributed by atoms with Crippen molar-refractivity contribution in [3.05, 3.63) is 53.5 Å². The lowest BCUT2D eigenvalue weighted by Crippen LogP contribution is -2.01. The van der Waals surface area contributed by atoms with Crippen molar-refractivity contribution < 1.29 is 0 Å². The maximum atomic E-state index is 5.76. The minimum atomic E-state index is 0.729. The van der Waals surface area contributed by atoms with Crippen LogP contribution in [0.1, 0.15) is 5.56 Å². The first-order valence-corrected chi connectivity index (χ1v) is 6.61. The summed E-state index contributed by atoms with van der Waals surface area (Å²) in [4.78, 5) is 4.38. The number of pyridine rings is 1. The summed E-state index contributed by atoms with van der Waals surface area (Å²) in [6, 6.07) is 12.0. The van der Waals surface area contributed by atoms with Crippen molar-refractivity contribution in [2.75, 3.05) is 11.1 Å². The highest BCUT2D eigenvalue weighted by Gasteiger charge is 2.02. The molecule has 0 unspecified atom stereocenters. The van der Waals surface area contributed by atoms with Gasteiger partial charge in [-0.25, -0.2) is 4.98 Å². The fourth-order valence-electron chi connectivity index (χ4n) is 1.92. The highest BCUT2D eigenvalue weighted by molar-refractivity contribution is 7.17. The highest BCUT2D eigenvalue weighted by Crippen LogP contribution is 2.26. The van der Waals surface area contributed by atoms with Gasteiger partial charge in [0.2, 0.25) is 0 Å². The van der Waals surface area contributed by atoms with Crippen molar-refractivity contribution in [1.29, 1.82) is 0 Å². The maximum absolute atomic E-state index is 5.76. The number of thiophene rings is 1. The van der Waals surface area contributed by atoms with Crippen LogP contribution in [-0.4, -0.2) is 4.98 Å². The standard InChI is InChI=1S/C14H13N3S/c15-11-3-1-2-10(8-11)9-17-14-12-5-7-18-13(12)4-6-16-14/h1-8H,9,15H2,(H,16,17). The van der Waals surface area contributed by atoms with Gasteiger partial charge in [0.1, 0.15) is 5.82 Å². The van der Waals surface area contributed by atoms with Gasteiger partial charge in [0.15, 0.2) is 0 Å². The summed E-state index contributed by atoms with van der Waals surface area (Å²) in [6.45, 7) is 0.729. The molecule has 2 heterocycles. The average Bonchev–Trinajstić information content (AvgIpc) is 2.85. The molecule has 18 heavy (non-hydrogen) atoms. The summed E-state index contributed by atoms with van der Waals surface area (Å²) in [5, 5.41) is 6.61. The zero-order valence-corrected chi connectivity index (χ0v) is 10.6. The van der Waals surface area contributed by atoms with E-state index in [-0.39, 0.29) is 0 Å². The predicted octanol–water partition coefficient (Wildman–Crippen LogP) is 3.49. The second kappa shape index (κ2) is 4.66. The summed E-state index contributed by atoms with van der Waals surface area (Å²) in [5.41, 5.74) is 7.70. The molecule has 3 N–H and O–H groups in total. The average molecular weight is 255 g/mol. The second-order valence-corrected chi connectivity index (χ2v) is 5.04. The second-order valence-electron chi connectivity index (χ2n) is 4.09. The fraction of sp³-hybridized carbons (Fsp3) is 0.0714. The highest BCUT2D eigenvalue weighted by atomic mass is 32.1. The van der Waals surface area contributed by atoms with Crippen molar-refractivity contribution in [1.82, 2.24) is 4.98 Å². The number of nitrogens with one attached hydrogen (secondary N) is 1. The normalized spacial score (nSPS) is 10.7. The summed E-state index contributed by atoms with van der Waals surface area (Å²) in [7, 11) is 0. The van der Waals surface area contributed by atoms with E-state index in [2.05, 4.69) is 27.8 Å². The Morgan fingerprint density at radius 3 is 3.06 bits per heavy atom. The largest absolute Gasteiger partial charge is 0.399 e. The van der Waals surface area contributed by atoms with Gasteiger partial charge in [-0.2, -0.15) is 0 Å². The summed E-state index contributed by atoms with van der Waals surface area (Å²) in [5.74, 6) is 0.927. The molecule has 0 saturated heterocycles. The SMILES string of the molecule is Nc1cccc(CNc2nccc3sccc23)c1. The Balaban J connectivity index is 1.83.